The van der Waals surface area contributed by atoms with E-state index in [0.29, 0.717) is 6.42 Å². The van der Waals surface area contributed by atoms with Crippen LogP contribution in [0.15, 0.2) is 43.0 Å². The van der Waals surface area contributed by atoms with E-state index in [1.54, 1.807) is 24.8 Å². The number of aryl methyl sites for hydroxylation is 1. The molecule has 0 saturated heterocycles. The molecule has 0 saturated carbocycles. The van der Waals surface area contributed by atoms with Crippen LogP contribution in [0.4, 0.5) is 0 Å². The van der Waals surface area contributed by atoms with Crippen molar-refractivity contribution in [2.75, 3.05) is 0 Å². The predicted octanol–water partition coefficient (Wildman–Crippen LogP) is 2.06. The Morgan fingerprint density at radius 1 is 1.19 bits per heavy atom. The number of pyridine rings is 2. The molecule has 0 bridgehead atoms. The number of rotatable bonds is 3. The van der Waals surface area contributed by atoms with E-state index in [9.17, 15) is 5.11 Å². The Balaban J connectivity index is 2.12. The molecule has 16 heavy (non-hydrogen) atoms. The number of aliphatic hydroxyl groups is 1. The van der Waals surface area contributed by atoms with E-state index in [-0.39, 0.29) is 0 Å². The molecule has 0 aliphatic carbocycles. The third-order valence-corrected chi connectivity index (χ3v) is 2.46. The highest BCUT2D eigenvalue weighted by Crippen LogP contribution is 2.17. The van der Waals surface area contributed by atoms with Crippen molar-refractivity contribution in [3.63, 3.8) is 0 Å². The van der Waals surface area contributed by atoms with Gasteiger partial charge in [0.25, 0.3) is 0 Å². The van der Waals surface area contributed by atoms with Gasteiger partial charge in [-0.05, 0) is 35.7 Å². The second kappa shape index (κ2) is 4.86. The molecule has 2 rings (SSSR count). The predicted molar refractivity (Wildman–Crippen MR) is 61.9 cm³/mol. The summed E-state index contributed by atoms with van der Waals surface area (Å²) in [7, 11) is 0. The zero-order valence-corrected chi connectivity index (χ0v) is 9.17. The quantitative estimate of drug-likeness (QED) is 0.850. The summed E-state index contributed by atoms with van der Waals surface area (Å²) in [4.78, 5) is 8.02. The highest BCUT2D eigenvalue weighted by Gasteiger charge is 2.08. The zero-order chi connectivity index (χ0) is 11.4. The van der Waals surface area contributed by atoms with Gasteiger partial charge in [-0.15, -0.1) is 0 Å². The van der Waals surface area contributed by atoms with Gasteiger partial charge in [0.1, 0.15) is 0 Å². The average Bonchev–Trinajstić information content (AvgIpc) is 2.30. The summed E-state index contributed by atoms with van der Waals surface area (Å²) in [5.41, 5.74) is 2.99. The van der Waals surface area contributed by atoms with Crippen molar-refractivity contribution in [2.45, 2.75) is 19.4 Å². The van der Waals surface area contributed by atoms with Gasteiger partial charge in [0.05, 0.1) is 6.10 Å². The molecule has 1 N–H and O–H groups in total. The Hall–Kier alpha value is -1.74. The van der Waals surface area contributed by atoms with Crippen molar-refractivity contribution in [3.8, 4) is 0 Å². The van der Waals surface area contributed by atoms with E-state index >= 15 is 0 Å². The van der Waals surface area contributed by atoms with Crippen molar-refractivity contribution in [2.24, 2.45) is 0 Å². The van der Waals surface area contributed by atoms with Crippen LogP contribution in [0.2, 0.25) is 0 Å². The molecule has 0 fully saturated rings. The Kier molecular flexibility index (Phi) is 3.27. The van der Waals surface area contributed by atoms with Gasteiger partial charge in [-0.1, -0.05) is 6.07 Å². The lowest BCUT2D eigenvalue weighted by Crippen LogP contribution is -2.02. The van der Waals surface area contributed by atoms with Crippen LogP contribution < -0.4 is 0 Å². The lowest BCUT2D eigenvalue weighted by molar-refractivity contribution is 0.178. The third kappa shape index (κ3) is 2.64. The van der Waals surface area contributed by atoms with Crippen LogP contribution in [-0.4, -0.2) is 15.1 Å². The lowest BCUT2D eigenvalue weighted by Gasteiger charge is -2.10. The summed E-state index contributed by atoms with van der Waals surface area (Å²) < 4.78 is 0. The van der Waals surface area contributed by atoms with Gasteiger partial charge in [-0.2, -0.15) is 0 Å². The molecule has 0 spiro atoms. The standard InChI is InChI=1S/C13H14N2O/c1-10-6-12(9-15-8-10)13(16)7-11-2-4-14-5-3-11/h2-6,8-9,13,16H,7H2,1H3. The average molecular weight is 214 g/mol. The van der Waals surface area contributed by atoms with Gasteiger partial charge in [-0.3, -0.25) is 9.97 Å². The minimum absolute atomic E-state index is 0.505. The number of aliphatic hydroxyl groups excluding tert-OH is 1. The van der Waals surface area contributed by atoms with E-state index in [1.165, 1.54) is 0 Å². The summed E-state index contributed by atoms with van der Waals surface area (Å²) >= 11 is 0. The van der Waals surface area contributed by atoms with Crippen LogP contribution in [-0.2, 0) is 6.42 Å². The topological polar surface area (TPSA) is 46.0 Å². The zero-order valence-electron chi connectivity index (χ0n) is 9.17. The van der Waals surface area contributed by atoms with E-state index < -0.39 is 6.10 Å². The molecule has 0 aromatic carbocycles. The fourth-order valence-corrected chi connectivity index (χ4v) is 1.62. The molecule has 82 valence electrons. The third-order valence-electron chi connectivity index (χ3n) is 2.46. The maximum Gasteiger partial charge on any atom is 0.0845 e. The van der Waals surface area contributed by atoms with E-state index in [1.807, 2.05) is 25.1 Å². The van der Waals surface area contributed by atoms with Crippen molar-refractivity contribution in [1.82, 2.24) is 9.97 Å². The normalized spacial score (nSPS) is 12.4. The second-order valence-electron chi connectivity index (χ2n) is 3.87. The summed E-state index contributed by atoms with van der Waals surface area (Å²) in [5.74, 6) is 0. The van der Waals surface area contributed by atoms with E-state index in [0.717, 1.165) is 16.7 Å². The van der Waals surface area contributed by atoms with Crippen molar-refractivity contribution in [3.05, 3.63) is 59.7 Å². The van der Waals surface area contributed by atoms with Gasteiger partial charge in [0, 0.05) is 31.2 Å². The molecule has 0 aliphatic heterocycles. The van der Waals surface area contributed by atoms with Crippen molar-refractivity contribution >= 4 is 0 Å². The van der Waals surface area contributed by atoms with Crippen LogP contribution in [0.3, 0.4) is 0 Å². The van der Waals surface area contributed by atoms with Crippen LogP contribution >= 0.6 is 0 Å². The maximum absolute atomic E-state index is 10.0. The first-order valence-corrected chi connectivity index (χ1v) is 5.24. The molecular formula is C13H14N2O. The van der Waals surface area contributed by atoms with E-state index in [2.05, 4.69) is 9.97 Å². The van der Waals surface area contributed by atoms with Crippen molar-refractivity contribution < 1.29 is 5.11 Å². The highest BCUT2D eigenvalue weighted by molar-refractivity contribution is 5.21. The maximum atomic E-state index is 10.0. The fraction of sp³-hybridized carbons (Fsp3) is 0.231. The Bertz CT molecular complexity index is 456. The molecule has 0 aliphatic rings. The Morgan fingerprint density at radius 3 is 2.62 bits per heavy atom. The monoisotopic (exact) mass is 214 g/mol. The summed E-state index contributed by atoms with van der Waals surface area (Å²) in [5, 5.41) is 10.0. The lowest BCUT2D eigenvalue weighted by atomic mass is 10.0. The second-order valence-corrected chi connectivity index (χ2v) is 3.87. The number of nitrogens with zero attached hydrogens (tertiary/aromatic N) is 2. The molecule has 2 aromatic rings. The minimum atomic E-state index is -0.505. The Labute approximate surface area is 94.8 Å². The molecule has 0 amide bonds. The van der Waals surface area contributed by atoms with Crippen LogP contribution in [0.1, 0.15) is 22.8 Å². The molecule has 3 heteroatoms. The first-order chi connectivity index (χ1) is 7.75. The molecule has 3 nitrogen and oxygen atoms in total. The molecule has 2 heterocycles. The molecular weight excluding hydrogens is 200 g/mol. The largest absolute Gasteiger partial charge is 0.388 e. The number of hydrogen-bond donors (Lipinski definition) is 1. The molecule has 2 aromatic heterocycles. The summed E-state index contributed by atoms with van der Waals surface area (Å²) in [6.45, 7) is 1.97. The fourth-order valence-electron chi connectivity index (χ4n) is 1.62. The van der Waals surface area contributed by atoms with Gasteiger partial charge < -0.3 is 5.11 Å². The molecule has 1 unspecified atom stereocenters. The number of aromatic nitrogens is 2. The van der Waals surface area contributed by atoms with Gasteiger partial charge in [0.2, 0.25) is 0 Å². The van der Waals surface area contributed by atoms with Crippen LogP contribution in [0, 0.1) is 6.92 Å². The first kappa shape index (κ1) is 10.8. The molecule has 0 radical (unpaired) electrons. The van der Waals surface area contributed by atoms with E-state index in [4.69, 9.17) is 0 Å². The van der Waals surface area contributed by atoms with Crippen LogP contribution in [0.25, 0.3) is 0 Å². The summed E-state index contributed by atoms with van der Waals surface area (Å²) in [6.07, 6.45) is 7.04. The minimum Gasteiger partial charge on any atom is -0.388 e. The summed E-state index contributed by atoms with van der Waals surface area (Å²) in [6, 6.07) is 5.78. The highest BCUT2D eigenvalue weighted by atomic mass is 16.3. The van der Waals surface area contributed by atoms with Gasteiger partial charge in [0.15, 0.2) is 0 Å². The van der Waals surface area contributed by atoms with Gasteiger partial charge in [-0.25, -0.2) is 0 Å². The number of hydrogen-bond acceptors (Lipinski definition) is 3. The Morgan fingerprint density at radius 2 is 1.94 bits per heavy atom. The molecule has 1 atom stereocenters. The smallest absolute Gasteiger partial charge is 0.0845 e. The van der Waals surface area contributed by atoms with Crippen LogP contribution in [0.5, 0.6) is 0 Å². The SMILES string of the molecule is Cc1cncc(C(O)Cc2ccncc2)c1. The van der Waals surface area contributed by atoms with Crippen molar-refractivity contribution in [1.29, 1.82) is 0 Å². The first-order valence-electron chi connectivity index (χ1n) is 5.24. The van der Waals surface area contributed by atoms with Gasteiger partial charge >= 0.3 is 0 Å².